The van der Waals surface area contributed by atoms with Crippen LogP contribution in [-0.2, 0) is 14.6 Å². The SMILES string of the molecule is COC1(C(O)CCCS(C)(=O)=O)CCCCC1. The number of methoxy groups -OCH3 is 1. The Bertz CT molecular complexity index is 317. The van der Waals surface area contributed by atoms with E-state index >= 15 is 0 Å². The molecule has 1 fully saturated rings. The zero-order valence-electron chi connectivity index (χ0n) is 10.8. The van der Waals surface area contributed by atoms with Gasteiger partial charge in [0.15, 0.2) is 0 Å². The van der Waals surface area contributed by atoms with Crippen molar-refractivity contribution in [1.82, 2.24) is 0 Å². The summed E-state index contributed by atoms with van der Waals surface area (Å²) >= 11 is 0. The van der Waals surface area contributed by atoms with Crippen LogP contribution >= 0.6 is 0 Å². The van der Waals surface area contributed by atoms with E-state index in [0.717, 1.165) is 25.7 Å². The largest absolute Gasteiger partial charge is 0.390 e. The summed E-state index contributed by atoms with van der Waals surface area (Å²) in [4.78, 5) is 0. The van der Waals surface area contributed by atoms with Gasteiger partial charge in [0.05, 0.1) is 11.7 Å². The molecule has 1 aliphatic rings. The maximum atomic E-state index is 11.0. The van der Waals surface area contributed by atoms with Crippen LogP contribution in [0.25, 0.3) is 0 Å². The summed E-state index contributed by atoms with van der Waals surface area (Å²) in [7, 11) is -1.29. The van der Waals surface area contributed by atoms with Gasteiger partial charge in [0.2, 0.25) is 0 Å². The quantitative estimate of drug-likeness (QED) is 0.790. The first-order valence-corrected chi connectivity index (χ1v) is 8.37. The molecule has 1 N–H and O–H groups in total. The first kappa shape index (κ1) is 14.9. The van der Waals surface area contributed by atoms with Crippen LogP contribution in [0.4, 0.5) is 0 Å². The van der Waals surface area contributed by atoms with Crippen molar-refractivity contribution in [3.63, 3.8) is 0 Å². The van der Waals surface area contributed by atoms with E-state index in [1.54, 1.807) is 7.11 Å². The first-order valence-electron chi connectivity index (χ1n) is 6.30. The third kappa shape index (κ3) is 4.56. The van der Waals surface area contributed by atoms with Gasteiger partial charge in [0.1, 0.15) is 9.84 Å². The van der Waals surface area contributed by atoms with Crippen molar-refractivity contribution in [2.75, 3.05) is 19.1 Å². The van der Waals surface area contributed by atoms with E-state index < -0.39 is 21.5 Å². The van der Waals surface area contributed by atoms with Crippen LogP contribution in [0.2, 0.25) is 0 Å². The fourth-order valence-corrected chi connectivity index (χ4v) is 3.32. The lowest BCUT2D eigenvalue weighted by molar-refractivity contribution is -0.125. The Morgan fingerprint density at radius 3 is 2.35 bits per heavy atom. The summed E-state index contributed by atoms with van der Waals surface area (Å²) in [5.41, 5.74) is -0.435. The van der Waals surface area contributed by atoms with Crippen molar-refractivity contribution in [3.05, 3.63) is 0 Å². The second-order valence-electron chi connectivity index (χ2n) is 5.12. The minimum absolute atomic E-state index is 0.143. The highest BCUT2D eigenvalue weighted by atomic mass is 32.2. The number of aliphatic hydroxyl groups excluding tert-OH is 1. The lowest BCUT2D eigenvalue weighted by Gasteiger charge is -2.40. The molecule has 0 heterocycles. The number of ether oxygens (including phenoxy) is 1. The Hall–Kier alpha value is -0.130. The van der Waals surface area contributed by atoms with Crippen molar-refractivity contribution in [2.24, 2.45) is 0 Å². The Morgan fingerprint density at radius 1 is 1.29 bits per heavy atom. The molecule has 0 amide bonds. The predicted molar refractivity (Wildman–Crippen MR) is 67.8 cm³/mol. The van der Waals surface area contributed by atoms with Crippen LogP contribution in [0.3, 0.4) is 0 Å². The molecule has 102 valence electrons. The van der Waals surface area contributed by atoms with E-state index in [0.29, 0.717) is 12.8 Å². The minimum Gasteiger partial charge on any atom is -0.390 e. The van der Waals surface area contributed by atoms with E-state index in [9.17, 15) is 13.5 Å². The van der Waals surface area contributed by atoms with E-state index in [-0.39, 0.29) is 5.75 Å². The molecular formula is C12H24O4S. The van der Waals surface area contributed by atoms with Crippen LogP contribution < -0.4 is 0 Å². The zero-order valence-corrected chi connectivity index (χ0v) is 11.6. The molecule has 17 heavy (non-hydrogen) atoms. The summed E-state index contributed by atoms with van der Waals surface area (Å²) < 4.78 is 27.6. The predicted octanol–water partition coefficient (Wildman–Crippen LogP) is 1.52. The lowest BCUT2D eigenvalue weighted by Crippen LogP contribution is -2.45. The molecule has 1 atom stereocenters. The molecule has 0 radical (unpaired) electrons. The highest BCUT2D eigenvalue weighted by molar-refractivity contribution is 7.90. The number of hydrogen-bond acceptors (Lipinski definition) is 4. The topological polar surface area (TPSA) is 63.6 Å². The molecular weight excluding hydrogens is 240 g/mol. The van der Waals surface area contributed by atoms with Gasteiger partial charge in [-0.25, -0.2) is 8.42 Å². The summed E-state index contributed by atoms with van der Waals surface area (Å²) in [5.74, 6) is 0.143. The van der Waals surface area contributed by atoms with Gasteiger partial charge in [0, 0.05) is 19.1 Å². The molecule has 4 nitrogen and oxygen atoms in total. The number of rotatable bonds is 6. The minimum atomic E-state index is -2.93. The normalized spacial score (nSPS) is 22.3. The summed E-state index contributed by atoms with van der Waals surface area (Å²) in [5, 5.41) is 10.2. The van der Waals surface area contributed by atoms with E-state index in [1.165, 1.54) is 12.7 Å². The Morgan fingerprint density at radius 2 is 1.88 bits per heavy atom. The molecule has 1 aliphatic carbocycles. The van der Waals surface area contributed by atoms with E-state index in [1.807, 2.05) is 0 Å². The smallest absolute Gasteiger partial charge is 0.147 e. The average Bonchev–Trinajstić information content (AvgIpc) is 2.28. The van der Waals surface area contributed by atoms with Gasteiger partial charge in [-0.2, -0.15) is 0 Å². The highest BCUT2D eigenvalue weighted by Crippen LogP contribution is 2.35. The number of aliphatic hydroxyl groups is 1. The molecule has 1 rings (SSSR count). The standard InChI is InChI=1S/C12H24O4S/c1-16-12(8-4-3-5-9-12)11(13)7-6-10-17(2,14)15/h11,13H,3-10H2,1-2H3. The molecule has 0 aromatic rings. The Labute approximate surface area is 104 Å². The Kier molecular flexibility index (Phi) is 5.41. The van der Waals surface area contributed by atoms with Crippen molar-refractivity contribution >= 4 is 9.84 Å². The molecule has 0 bridgehead atoms. The molecule has 0 aliphatic heterocycles. The van der Waals surface area contributed by atoms with Gasteiger partial charge in [-0.15, -0.1) is 0 Å². The van der Waals surface area contributed by atoms with E-state index in [4.69, 9.17) is 4.74 Å². The van der Waals surface area contributed by atoms with Gasteiger partial charge in [-0.05, 0) is 25.7 Å². The number of hydrogen-bond donors (Lipinski definition) is 1. The second-order valence-corrected chi connectivity index (χ2v) is 7.38. The van der Waals surface area contributed by atoms with Crippen LogP contribution in [0.1, 0.15) is 44.9 Å². The zero-order chi connectivity index (χ0) is 12.9. The van der Waals surface area contributed by atoms with Gasteiger partial charge in [0.25, 0.3) is 0 Å². The van der Waals surface area contributed by atoms with Crippen molar-refractivity contribution in [1.29, 1.82) is 0 Å². The average molecular weight is 264 g/mol. The van der Waals surface area contributed by atoms with Crippen LogP contribution in [0, 0.1) is 0 Å². The van der Waals surface area contributed by atoms with Gasteiger partial charge in [-0.3, -0.25) is 0 Å². The fourth-order valence-electron chi connectivity index (χ4n) is 2.63. The highest BCUT2D eigenvalue weighted by Gasteiger charge is 2.38. The first-order chi connectivity index (χ1) is 7.90. The van der Waals surface area contributed by atoms with Crippen molar-refractivity contribution < 1.29 is 18.3 Å². The monoisotopic (exact) mass is 264 g/mol. The summed E-state index contributed by atoms with van der Waals surface area (Å²) in [6, 6.07) is 0. The van der Waals surface area contributed by atoms with Crippen molar-refractivity contribution in [2.45, 2.75) is 56.7 Å². The van der Waals surface area contributed by atoms with Crippen LogP contribution in [-0.4, -0.2) is 44.3 Å². The van der Waals surface area contributed by atoms with Gasteiger partial charge < -0.3 is 9.84 Å². The van der Waals surface area contributed by atoms with Crippen LogP contribution in [0.5, 0.6) is 0 Å². The maximum absolute atomic E-state index is 11.0. The van der Waals surface area contributed by atoms with Crippen molar-refractivity contribution in [3.8, 4) is 0 Å². The third-order valence-corrected chi connectivity index (χ3v) is 4.74. The van der Waals surface area contributed by atoms with Crippen LogP contribution in [0.15, 0.2) is 0 Å². The maximum Gasteiger partial charge on any atom is 0.147 e. The fraction of sp³-hybridized carbons (Fsp3) is 1.00. The molecule has 5 heteroatoms. The Balaban J connectivity index is 2.46. The second kappa shape index (κ2) is 6.16. The summed E-state index contributed by atoms with van der Waals surface area (Å²) in [6.45, 7) is 0. The number of sulfone groups is 1. The van der Waals surface area contributed by atoms with Gasteiger partial charge in [-0.1, -0.05) is 19.3 Å². The van der Waals surface area contributed by atoms with E-state index in [2.05, 4.69) is 0 Å². The molecule has 1 unspecified atom stereocenters. The lowest BCUT2D eigenvalue weighted by atomic mass is 9.79. The molecule has 0 saturated heterocycles. The summed E-state index contributed by atoms with van der Waals surface area (Å²) in [6.07, 6.45) is 6.80. The molecule has 0 spiro atoms. The molecule has 1 saturated carbocycles. The molecule has 0 aromatic carbocycles. The van der Waals surface area contributed by atoms with Gasteiger partial charge >= 0.3 is 0 Å². The molecule has 0 aromatic heterocycles. The third-order valence-electron chi connectivity index (χ3n) is 3.71.